The Morgan fingerprint density at radius 2 is 2.21 bits per heavy atom. The molecule has 0 spiro atoms. The second kappa shape index (κ2) is 8.11. The second-order valence-electron chi connectivity index (χ2n) is 6.66. The molecule has 2 N–H and O–H groups in total. The normalized spacial score (nSPS) is 17.9. The smallest absolute Gasteiger partial charge is 0.223 e. The summed E-state index contributed by atoms with van der Waals surface area (Å²) in [5.41, 5.74) is 3.09. The van der Waals surface area contributed by atoms with Gasteiger partial charge in [-0.25, -0.2) is 0 Å². The van der Waals surface area contributed by atoms with E-state index in [2.05, 4.69) is 28.5 Å². The molecule has 1 aromatic heterocycles. The Labute approximate surface area is 143 Å². The number of nitrogens with one attached hydrogen (secondary N) is 2. The van der Waals surface area contributed by atoms with Crippen molar-refractivity contribution in [1.82, 2.24) is 20.4 Å². The first-order valence-electron chi connectivity index (χ1n) is 8.80. The average Bonchev–Trinajstić information content (AvgIpc) is 3.08. The predicted molar refractivity (Wildman–Crippen MR) is 95.3 cm³/mol. The van der Waals surface area contributed by atoms with Crippen LogP contribution in [0.25, 0.3) is 11.3 Å². The summed E-state index contributed by atoms with van der Waals surface area (Å²) in [6, 6.07) is 12.2. The standard InChI is InChI=1S/C19H26N4O/c1-15-6-5-11-23(14-15)19(24)9-10-20-13-17-12-18(22-21-17)16-7-3-2-4-8-16/h2-4,7-8,12,15,20H,5-6,9-11,13-14H2,1H3,(H,21,22)/t15-/m1/s1. The molecule has 1 atom stereocenters. The third kappa shape index (κ3) is 4.45. The third-order valence-corrected chi connectivity index (χ3v) is 4.54. The van der Waals surface area contributed by atoms with Crippen LogP contribution in [-0.2, 0) is 11.3 Å². The lowest BCUT2D eigenvalue weighted by Gasteiger charge is -2.31. The van der Waals surface area contributed by atoms with Crippen LogP contribution in [0.1, 0.15) is 31.9 Å². The highest BCUT2D eigenvalue weighted by atomic mass is 16.2. The summed E-state index contributed by atoms with van der Waals surface area (Å²) in [4.78, 5) is 14.2. The predicted octanol–water partition coefficient (Wildman–Crippen LogP) is 2.81. The van der Waals surface area contributed by atoms with Gasteiger partial charge in [-0.05, 0) is 24.8 Å². The van der Waals surface area contributed by atoms with Crippen LogP contribution in [0.15, 0.2) is 36.4 Å². The van der Waals surface area contributed by atoms with E-state index in [4.69, 9.17) is 0 Å². The average molecular weight is 326 g/mol. The van der Waals surface area contributed by atoms with Crippen molar-refractivity contribution in [1.29, 1.82) is 0 Å². The van der Waals surface area contributed by atoms with E-state index in [9.17, 15) is 4.79 Å². The van der Waals surface area contributed by atoms with Crippen LogP contribution in [0.3, 0.4) is 0 Å². The molecule has 0 unspecified atom stereocenters. The van der Waals surface area contributed by atoms with Gasteiger partial charge >= 0.3 is 0 Å². The molecule has 1 aromatic carbocycles. The fourth-order valence-corrected chi connectivity index (χ4v) is 3.20. The fourth-order valence-electron chi connectivity index (χ4n) is 3.20. The maximum absolute atomic E-state index is 12.2. The van der Waals surface area contributed by atoms with E-state index in [1.54, 1.807) is 0 Å². The van der Waals surface area contributed by atoms with Crippen molar-refractivity contribution in [3.8, 4) is 11.3 Å². The molecular formula is C19H26N4O. The summed E-state index contributed by atoms with van der Waals surface area (Å²) in [5.74, 6) is 0.903. The van der Waals surface area contributed by atoms with E-state index in [1.165, 1.54) is 6.42 Å². The van der Waals surface area contributed by atoms with Crippen molar-refractivity contribution < 1.29 is 4.79 Å². The molecular weight excluding hydrogens is 300 g/mol. The zero-order valence-corrected chi connectivity index (χ0v) is 14.3. The molecule has 0 saturated carbocycles. The molecule has 0 aliphatic carbocycles. The minimum Gasteiger partial charge on any atom is -0.342 e. The topological polar surface area (TPSA) is 61.0 Å². The van der Waals surface area contributed by atoms with E-state index >= 15 is 0 Å². The van der Waals surface area contributed by atoms with Crippen LogP contribution in [0.2, 0.25) is 0 Å². The molecule has 3 rings (SSSR count). The molecule has 0 radical (unpaired) electrons. The van der Waals surface area contributed by atoms with Gasteiger partial charge in [-0.2, -0.15) is 5.10 Å². The van der Waals surface area contributed by atoms with Crippen LogP contribution in [0, 0.1) is 5.92 Å². The monoisotopic (exact) mass is 326 g/mol. The zero-order valence-electron chi connectivity index (χ0n) is 14.3. The summed E-state index contributed by atoms with van der Waals surface area (Å²) in [7, 11) is 0. The number of hydrogen-bond donors (Lipinski definition) is 2. The van der Waals surface area contributed by atoms with E-state index < -0.39 is 0 Å². The molecule has 5 heteroatoms. The van der Waals surface area contributed by atoms with Gasteiger partial charge in [0.1, 0.15) is 0 Å². The van der Waals surface area contributed by atoms with Gasteiger partial charge in [0.05, 0.1) is 5.69 Å². The summed E-state index contributed by atoms with van der Waals surface area (Å²) >= 11 is 0. The summed E-state index contributed by atoms with van der Waals surface area (Å²) in [6.07, 6.45) is 2.94. The van der Waals surface area contributed by atoms with Gasteiger partial charge < -0.3 is 10.2 Å². The van der Waals surface area contributed by atoms with Gasteiger partial charge in [-0.3, -0.25) is 9.89 Å². The molecule has 1 amide bonds. The highest BCUT2D eigenvalue weighted by Gasteiger charge is 2.20. The number of aromatic nitrogens is 2. The third-order valence-electron chi connectivity index (χ3n) is 4.54. The summed E-state index contributed by atoms with van der Waals surface area (Å²) in [6.45, 7) is 5.46. The van der Waals surface area contributed by atoms with Gasteiger partial charge in [0.25, 0.3) is 0 Å². The number of aromatic amines is 1. The van der Waals surface area contributed by atoms with Gasteiger partial charge in [-0.1, -0.05) is 37.3 Å². The van der Waals surface area contributed by atoms with Crippen LogP contribution < -0.4 is 5.32 Å². The van der Waals surface area contributed by atoms with Gasteiger partial charge in [0, 0.05) is 43.9 Å². The highest BCUT2D eigenvalue weighted by molar-refractivity contribution is 5.76. The minimum atomic E-state index is 0.267. The quantitative estimate of drug-likeness (QED) is 0.803. The summed E-state index contributed by atoms with van der Waals surface area (Å²) < 4.78 is 0. The first-order chi connectivity index (χ1) is 11.7. The molecule has 128 valence electrons. The van der Waals surface area contributed by atoms with Crippen molar-refractivity contribution in [2.45, 2.75) is 32.7 Å². The Hall–Kier alpha value is -2.14. The number of carbonyl (C=O) groups is 1. The number of H-pyrrole nitrogens is 1. The zero-order chi connectivity index (χ0) is 16.8. The van der Waals surface area contributed by atoms with E-state index in [1.807, 2.05) is 35.2 Å². The number of nitrogens with zero attached hydrogens (tertiary/aromatic N) is 2. The lowest BCUT2D eigenvalue weighted by atomic mass is 10.00. The van der Waals surface area contributed by atoms with Crippen molar-refractivity contribution in [2.24, 2.45) is 5.92 Å². The SMILES string of the molecule is C[C@@H]1CCCN(C(=O)CCNCc2cc(-c3ccccc3)n[nH]2)C1. The number of carbonyl (C=O) groups excluding carboxylic acids is 1. The minimum absolute atomic E-state index is 0.267. The Bertz CT molecular complexity index is 652. The Balaban J connectivity index is 1.41. The molecule has 0 bridgehead atoms. The molecule has 1 aliphatic heterocycles. The van der Waals surface area contributed by atoms with Crippen LogP contribution in [0.4, 0.5) is 0 Å². The van der Waals surface area contributed by atoms with Crippen LogP contribution in [-0.4, -0.2) is 40.6 Å². The number of amides is 1. The highest BCUT2D eigenvalue weighted by Crippen LogP contribution is 2.17. The van der Waals surface area contributed by atoms with Gasteiger partial charge in [0.2, 0.25) is 5.91 Å². The van der Waals surface area contributed by atoms with E-state index in [-0.39, 0.29) is 5.91 Å². The molecule has 2 aromatic rings. The second-order valence-corrected chi connectivity index (χ2v) is 6.66. The van der Waals surface area contributed by atoms with Crippen molar-refractivity contribution in [2.75, 3.05) is 19.6 Å². The number of piperidine rings is 1. The molecule has 1 fully saturated rings. The van der Waals surface area contributed by atoms with Crippen molar-refractivity contribution in [3.63, 3.8) is 0 Å². The van der Waals surface area contributed by atoms with Gasteiger partial charge in [-0.15, -0.1) is 0 Å². The number of hydrogen-bond acceptors (Lipinski definition) is 3. The number of likely N-dealkylation sites (tertiary alicyclic amines) is 1. The largest absolute Gasteiger partial charge is 0.342 e. The molecule has 24 heavy (non-hydrogen) atoms. The van der Waals surface area contributed by atoms with E-state index in [0.717, 1.165) is 36.5 Å². The molecule has 5 nitrogen and oxygen atoms in total. The van der Waals surface area contributed by atoms with Crippen molar-refractivity contribution >= 4 is 5.91 Å². The number of rotatable bonds is 6. The maximum Gasteiger partial charge on any atom is 0.223 e. The lowest BCUT2D eigenvalue weighted by molar-refractivity contribution is -0.132. The molecule has 1 aliphatic rings. The lowest BCUT2D eigenvalue weighted by Crippen LogP contribution is -2.40. The van der Waals surface area contributed by atoms with Crippen LogP contribution in [0.5, 0.6) is 0 Å². The first kappa shape index (κ1) is 16.7. The Morgan fingerprint density at radius 1 is 1.38 bits per heavy atom. The molecule has 1 saturated heterocycles. The summed E-state index contributed by atoms with van der Waals surface area (Å²) in [5, 5.41) is 10.7. The first-order valence-corrected chi connectivity index (χ1v) is 8.80. The Morgan fingerprint density at radius 3 is 3.00 bits per heavy atom. The maximum atomic E-state index is 12.2. The van der Waals surface area contributed by atoms with Crippen LogP contribution >= 0.6 is 0 Å². The van der Waals surface area contributed by atoms with Crippen molar-refractivity contribution in [3.05, 3.63) is 42.1 Å². The van der Waals surface area contributed by atoms with E-state index in [0.29, 0.717) is 25.4 Å². The Kier molecular flexibility index (Phi) is 5.64. The van der Waals surface area contributed by atoms with Gasteiger partial charge in [0.15, 0.2) is 0 Å². The molecule has 2 heterocycles. The number of benzene rings is 1. The fraction of sp³-hybridized carbons (Fsp3) is 0.474.